The molecule has 1 atom stereocenters. The number of ether oxygens (including phenoxy) is 2. The SMILES string of the molecule is CC(C)(CN1CCOC[C@H]1c1cc(Cl)cc2c1CN(C(=O)N1CCOCC1(C)C)CC2)C(=O)O. The van der Waals surface area contributed by atoms with Gasteiger partial charge in [-0.25, -0.2) is 4.79 Å². The third-order valence-corrected chi connectivity index (χ3v) is 7.48. The number of hydrogen-bond donors (Lipinski definition) is 1. The second-order valence-electron chi connectivity index (χ2n) is 10.9. The zero-order chi connectivity index (χ0) is 24.7. The van der Waals surface area contributed by atoms with Crippen LogP contribution in [0.25, 0.3) is 0 Å². The fourth-order valence-corrected chi connectivity index (χ4v) is 5.44. The lowest BCUT2D eigenvalue weighted by Gasteiger charge is -2.45. The van der Waals surface area contributed by atoms with Crippen LogP contribution >= 0.6 is 11.6 Å². The van der Waals surface area contributed by atoms with Crippen LogP contribution in [0.1, 0.15) is 50.4 Å². The largest absolute Gasteiger partial charge is 0.481 e. The van der Waals surface area contributed by atoms with Crippen LogP contribution in [0.15, 0.2) is 12.1 Å². The number of halogens is 1. The molecule has 2 amide bonds. The summed E-state index contributed by atoms with van der Waals surface area (Å²) in [5.74, 6) is -0.823. The van der Waals surface area contributed by atoms with Crippen LogP contribution in [0, 0.1) is 5.41 Å². The van der Waals surface area contributed by atoms with E-state index < -0.39 is 11.4 Å². The molecule has 3 aliphatic heterocycles. The van der Waals surface area contributed by atoms with Crippen LogP contribution in [-0.2, 0) is 27.2 Å². The number of carboxylic acid groups (broad SMARTS) is 1. The maximum absolute atomic E-state index is 13.5. The maximum Gasteiger partial charge on any atom is 0.320 e. The number of carbonyl (C=O) groups excluding carboxylic acids is 1. The van der Waals surface area contributed by atoms with Crippen LogP contribution in [0.2, 0.25) is 5.02 Å². The summed E-state index contributed by atoms with van der Waals surface area (Å²) in [7, 11) is 0. The third-order valence-electron chi connectivity index (χ3n) is 7.26. The number of benzene rings is 1. The smallest absolute Gasteiger partial charge is 0.320 e. The van der Waals surface area contributed by atoms with Crippen molar-refractivity contribution in [3.05, 3.63) is 33.8 Å². The summed E-state index contributed by atoms with van der Waals surface area (Å²) in [5, 5.41) is 10.3. The molecular weight excluding hydrogens is 458 g/mol. The molecule has 0 aliphatic carbocycles. The minimum absolute atomic E-state index is 0.0311. The van der Waals surface area contributed by atoms with Crippen molar-refractivity contribution < 1.29 is 24.2 Å². The van der Waals surface area contributed by atoms with Crippen LogP contribution in [-0.4, -0.2) is 90.0 Å². The molecule has 1 N–H and O–H groups in total. The minimum atomic E-state index is -0.891. The first-order valence-electron chi connectivity index (χ1n) is 12.0. The molecule has 188 valence electrons. The Morgan fingerprint density at radius 1 is 1.18 bits per heavy atom. The summed E-state index contributed by atoms with van der Waals surface area (Å²) in [6.07, 6.45) is 0.730. The van der Waals surface area contributed by atoms with Gasteiger partial charge in [0.2, 0.25) is 0 Å². The highest BCUT2D eigenvalue weighted by atomic mass is 35.5. The molecule has 3 aliphatic rings. The Bertz CT molecular complexity index is 951. The summed E-state index contributed by atoms with van der Waals surface area (Å²) in [6, 6.07) is 3.88. The van der Waals surface area contributed by atoms with Crippen molar-refractivity contribution in [2.45, 2.75) is 52.2 Å². The summed E-state index contributed by atoms with van der Waals surface area (Å²) in [5.41, 5.74) is 2.04. The number of fused-ring (bicyclic) bond motifs is 1. The Morgan fingerprint density at radius 3 is 2.62 bits per heavy atom. The van der Waals surface area contributed by atoms with Gasteiger partial charge in [0, 0.05) is 37.7 Å². The lowest BCUT2D eigenvalue weighted by Crippen LogP contribution is -2.59. The summed E-state index contributed by atoms with van der Waals surface area (Å²) < 4.78 is 11.4. The van der Waals surface area contributed by atoms with Gasteiger partial charge in [-0.05, 0) is 62.9 Å². The second-order valence-corrected chi connectivity index (χ2v) is 11.3. The molecule has 0 aromatic heterocycles. The van der Waals surface area contributed by atoms with E-state index in [4.69, 9.17) is 21.1 Å². The highest BCUT2D eigenvalue weighted by molar-refractivity contribution is 6.30. The van der Waals surface area contributed by atoms with Crippen molar-refractivity contribution in [2.24, 2.45) is 5.41 Å². The first-order chi connectivity index (χ1) is 16.0. The molecule has 3 heterocycles. The van der Waals surface area contributed by atoms with E-state index >= 15 is 0 Å². The highest BCUT2D eigenvalue weighted by Gasteiger charge is 2.39. The van der Waals surface area contributed by atoms with Crippen LogP contribution in [0.5, 0.6) is 0 Å². The minimum Gasteiger partial charge on any atom is -0.481 e. The van der Waals surface area contributed by atoms with Gasteiger partial charge in [-0.2, -0.15) is 0 Å². The molecule has 0 unspecified atom stereocenters. The van der Waals surface area contributed by atoms with Gasteiger partial charge >= 0.3 is 12.0 Å². The Labute approximate surface area is 206 Å². The number of nitrogens with zero attached hydrogens (tertiary/aromatic N) is 3. The Morgan fingerprint density at radius 2 is 1.91 bits per heavy atom. The molecule has 0 spiro atoms. The van der Waals surface area contributed by atoms with Gasteiger partial charge in [-0.15, -0.1) is 0 Å². The van der Waals surface area contributed by atoms with Crippen LogP contribution in [0.4, 0.5) is 4.79 Å². The van der Waals surface area contributed by atoms with Crippen LogP contribution < -0.4 is 0 Å². The Hall–Kier alpha value is -1.87. The van der Waals surface area contributed by atoms with E-state index in [1.54, 1.807) is 13.8 Å². The average Bonchev–Trinajstić information content (AvgIpc) is 2.77. The first kappa shape index (κ1) is 25.2. The number of rotatable bonds is 4. The van der Waals surface area contributed by atoms with E-state index in [0.29, 0.717) is 64.2 Å². The summed E-state index contributed by atoms with van der Waals surface area (Å²) >= 11 is 6.53. The zero-order valence-electron chi connectivity index (χ0n) is 20.6. The third kappa shape index (κ3) is 5.05. The van der Waals surface area contributed by atoms with Gasteiger partial charge in [0.1, 0.15) is 0 Å². The van der Waals surface area contributed by atoms with Crippen molar-refractivity contribution in [1.82, 2.24) is 14.7 Å². The van der Waals surface area contributed by atoms with Gasteiger partial charge in [0.05, 0.1) is 43.4 Å². The molecule has 0 saturated carbocycles. The standard InChI is InChI=1S/C25H36ClN3O5/c1-24(2,22(30)31)15-28-7-9-33-14-21(28)19-12-18(26)11-17-5-6-27(13-20(17)19)23(32)29-8-10-34-16-25(29,3)4/h11-12,21H,5-10,13-16H2,1-4H3,(H,30,31)/t21-/m0/s1. The van der Waals surface area contributed by atoms with Gasteiger partial charge < -0.3 is 24.4 Å². The molecule has 34 heavy (non-hydrogen) atoms. The van der Waals surface area contributed by atoms with Crippen molar-refractivity contribution in [3.63, 3.8) is 0 Å². The lowest BCUT2D eigenvalue weighted by atomic mass is 9.88. The van der Waals surface area contributed by atoms with E-state index in [1.165, 1.54) is 0 Å². The second kappa shape index (κ2) is 9.64. The number of urea groups is 1. The molecule has 0 radical (unpaired) electrons. The topological polar surface area (TPSA) is 82.5 Å². The fourth-order valence-electron chi connectivity index (χ4n) is 5.19. The zero-order valence-corrected chi connectivity index (χ0v) is 21.4. The van der Waals surface area contributed by atoms with Gasteiger partial charge in [0.25, 0.3) is 0 Å². The van der Waals surface area contributed by atoms with E-state index in [0.717, 1.165) is 23.1 Å². The number of morpholine rings is 2. The Kier molecular flexibility index (Phi) is 7.16. The molecule has 1 aromatic carbocycles. The maximum atomic E-state index is 13.5. The number of carboxylic acids is 1. The van der Waals surface area contributed by atoms with Gasteiger partial charge in [-0.3, -0.25) is 9.69 Å². The fraction of sp³-hybridized carbons (Fsp3) is 0.680. The number of aliphatic carboxylic acids is 1. The van der Waals surface area contributed by atoms with Crippen molar-refractivity contribution in [3.8, 4) is 0 Å². The molecule has 2 fully saturated rings. The monoisotopic (exact) mass is 493 g/mol. The molecule has 4 rings (SSSR count). The van der Waals surface area contributed by atoms with E-state index in [-0.39, 0.29) is 17.6 Å². The molecule has 8 nitrogen and oxygen atoms in total. The highest BCUT2D eigenvalue weighted by Crippen LogP contribution is 2.36. The summed E-state index contributed by atoms with van der Waals surface area (Å²) in [4.78, 5) is 31.4. The number of hydrogen-bond acceptors (Lipinski definition) is 5. The van der Waals surface area contributed by atoms with Crippen molar-refractivity contribution in [1.29, 1.82) is 0 Å². The van der Waals surface area contributed by atoms with Crippen molar-refractivity contribution in [2.75, 3.05) is 52.6 Å². The van der Waals surface area contributed by atoms with Crippen LogP contribution in [0.3, 0.4) is 0 Å². The molecular formula is C25H36ClN3O5. The average molecular weight is 494 g/mol. The van der Waals surface area contributed by atoms with E-state index in [2.05, 4.69) is 4.90 Å². The first-order valence-corrected chi connectivity index (χ1v) is 12.4. The molecule has 2 saturated heterocycles. The Balaban J connectivity index is 1.63. The predicted molar refractivity (Wildman–Crippen MR) is 129 cm³/mol. The quantitative estimate of drug-likeness (QED) is 0.692. The number of amides is 2. The number of carbonyl (C=O) groups is 2. The van der Waals surface area contributed by atoms with E-state index in [9.17, 15) is 14.7 Å². The van der Waals surface area contributed by atoms with Crippen molar-refractivity contribution >= 4 is 23.6 Å². The van der Waals surface area contributed by atoms with Gasteiger partial charge in [-0.1, -0.05) is 11.6 Å². The molecule has 1 aromatic rings. The lowest BCUT2D eigenvalue weighted by molar-refractivity contribution is -0.149. The molecule has 0 bridgehead atoms. The summed E-state index contributed by atoms with van der Waals surface area (Å²) in [6.45, 7) is 12.4. The normalized spacial score (nSPS) is 23.5. The van der Waals surface area contributed by atoms with Gasteiger partial charge in [0.15, 0.2) is 0 Å². The van der Waals surface area contributed by atoms with E-state index in [1.807, 2.05) is 35.8 Å². The predicted octanol–water partition coefficient (Wildman–Crippen LogP) is 3.41. The molecule has 9 heteroatoms.